The van der Waals surface area contributed by atoms with Gasteiger partial charge in [0.25, 0.3) is 0 Å². The summed E-state index contributed by atoms with van der Waals surface area (Å²) in [7, 11) is -3.24. The Labute approximate surface area is 242 Å². The molecule has 0 aromatic rings. The molecule has 0 bridgehead atoms. The van der Waals surface area contributed by atoms with Crippen LogP contribution in [0.2, 0.25) is 0 Å². The van der Waals surface area contributed by atoms with Crippen molar-refractivity contribution in [3.8, 4) is 0 Å². The molecule has 40 heavy (non-hydrogen) atoms. The molecule has 7 atom stereocenters. The predicted molar refractivity (Wildman–Crippen MR) is 155 cm³/mol. The molecule has 12 heteroatoms. The summed E-state index contributed by atoms with van der Waals surface area (Å²) in [6.07, 6.45) is 12.2. The number of ether oxygens (including phenoxy) is 2. The van der Waals surface area contributed by atoms with E-state index < -0.39 is 44.4 Å². The van der Waals surface area contributed by atoms with Crippen LogP contribution in [0.15, 0.2) is 0 Å². The second kappa shape index (κ2) is 24.3. The normalized spacial score (nSPS) is 25.3. The maximum atomic E-state index is 12.3. The third-order valence-corrected chi connectivity index (χ3v) is 8.39. The smallest absolute Gasteiger partial charge is 0.390 e. The minimum atomic E-state index is -4.68. The number of hydrogen-bond donors (Lipinski definition) is 6. The maximum Gasteiger partial charge on any atom is 0.472 e. The van der Waals surface area contributed by atoms with E-state index >= 15 is 0 Å². The van der Waals surface area contributed by atoms with Gasteiger partial charge in [0.15, 0.2) is 0 Å². The first-order chi connectivity index (χ1) is 18.7. The van der Waals surface area contributed by atoms with E-state index in [0.717, 1.165) is 12.8 Å². The molecule has 1 fully saturated rings. The SMILES string of the molecule is CCCCCCCCCCCCCCCCCCOC[C@H](COP(=O)(O)O[C@H]1[C@H](O)[C@@H](O)[C@H](O)C[C@H]1O)OC.N. The van der Waals surface area contributed by atoms with Crippen molar-refractivity contribution in [2.75, 3.05) is 26.9 Å². The van der Waals surface area contributed by atoms with Gasteiger partial charge in [0, 0.05) is 20.1 Å². The fourth-order valence-electron chi connectivity index (χ4n) is 4.82. The second-order valence-corrected chi connectivity index (χ2v) is 12.3. The third kappa shape index (κ3) is 18.4. The monoisotopic (exact) mass is 601 g/mol. The molecule has 1 saturated carbocycles. The van der Waals surface area contributed by atoms with Gasteiger partial charge in [0.2, 0.25) is 0 Å². The van der Waals surface area contributed by atoms with Gasteiger partial charge in [-0.2, -0.15) is 0 Å². The fraction of sp³-hybridized carbons (Fsp3) is 1.00. The summed E-state index contributed by atoms with van der Waals surface area (Å²) in [5.41, 5.74) is 0. The van der Waals surface area contributed by atoms with Crippen LogP contribution in [-0.2, 0) is 23.1 Å². The minimum Gasteiger partial charge on any atom is -0.390 e. The zero-order valence-electron chi connectivity index (χ0n) is 25.0. The molecule has 0 aromatic carbocycles. The van der Waals surface area contributed by atoms with Crippen molar-refractivity contribution in [3.63, 3.8) is 0 Å². The Morgan fingerprint density at radius 1 is 0.725 bits per heavy atom. The summed E-state index contributed by atoms with van der Waals surface area (Å²) >= 11 is 0. The first kappa shape index (κ1) is 39.8. The Morgan fingerprint density at radius 3 is 1.68 bits per heavy atom. The number of hydrogen-bond acceptors (Lipinski definition) is 10. The summed E-state index contributed by atoms with van der Waals surface area (Å²) in [6.45, 7) is 2.70. The maximum absolute atomic E-state index is 12.3. The van der Waals surface area contributed by atoms with E-state index in [9.17, 15) is 29.9 Å². The number of methoxy groups -OCH3 is 1. The summed E-state index contributed by atoms with van der Waals surface area (Å²) in [4.78, 5) is 9.97. The Kier molecular flexibility index (Phi) is 24.2. The average Bonchev–Trinajstić information content (AvgIpc) is 2.91. The summed E-state index contributed by atoms with van der Waals surface area (Å²) in [6, 6.07) is 0. The van der Waals surface area contributed by atoms with Crippen molar-refractivity contribution in [2.45, 2.75) is 153 Å². The van der Waals surface area contributed by atoms with Gasteiger partial charge in [-0.25, -0.2) is 4.57 Å². The molecule has 0 amide bonds. The van der Waals surface area contributed by atoms with Crippen LogP contribution in [0.3, 0.4) is 0 Å². The lowest BCUT2D eigenvalue weighted by Gasteiger charge is -2.38. The molecule has 242 valence electrons. The molecular formula is C28H60NO10P. The molecular weight excluding hydrogens is 541 g/mol. The van der Waals surface area contributed by atoms with Gasteiger partial charge in [-0.3, -0.25) is 9.05 Å². The lowest BCUT2D eigenvalue weighted by atomic mass is 9.87. The molecule has 0 heterocycles. The molecule has 1 aliphatic rings. The molecule has 1 rings (SSSR count). The van der Waals surface area contributed by atoms with E-state index in [1.807, 2.05) is 0 Å². The van der Waals surface area contributed by atoms with E-state index in [4.69, 9.17) is 18.5 Å². The second-order valence-electron chi connectivity index (χ2n) is 10.9. The Balaban J connectivity index is 0.0000152. The van der Waals surface area contributed by atoms with Gasteiger partial charge in [-0.05, 0) is 6.42 Å². The van der Waals surface area contributed by atoms with Crippen LogP contribution in [-0.4, -0.2) is 88.9 Å². The number of phosphoric ester groups is 1. The van der Waals surface area contributed by atoms with E-state index in [-0.39, 0.29) is 25.8 Å². The van der Waals surface area contributed by atoms with Crippen LogP contribution in [0.1, 0.15) is 116 Å². The lowest BCUT2D eigenvalue weighted by molar-refractivity contribution is -0.173. The van der Waals surface area contributed by atoms with Crippen molar-refractivity contribution in [1.82, 2.24) is 6.15 Å². The van der Waals surface area contributed by atoms with Crippen molar-refractivity contribution >= 4 is 7.82 Å². The van der Waals surface area contributed by atoms with Crippen LogP contribution < -0.4 is 6.15 Å². The highest BCUT2D eigenvalue weighted by Crippen LogP contribution is 2.47. The highest BCUT2D eigenvalue weighted by molar-refractivity contribution is 7.47. The highest BCUT2D eigenvalue weighted by Gasteiger charge is 2.46. The van der Waals surface area contributed by atoms with E-state index in [2.05, 4.69) is 6.92 Å². The van der Waals surface area contributed by atoms with E-state index in [1.54, 1.807) is 0 Å². The van der Waals surface area contributed by atoms with Gasteiger partial charge in [0.05, 0.1) is 25.4 Å². The molecule has 11 nitrogen and oxygen atoms in total. The third-order valence-electron chi connectivity index (χ3n) is 7.40. The van der Waals surface area contributed by atoms with Crippen molar-refractivity contribution in [3.05, 3.63) is 0 Å². The van der Waals surface area contributed by atoms with Gasteiger partial charge in [-0.15, -0.1) is 0 Å². The van der Waals surface area contributed by atoms with Crippen LogP contribution >= 0.6 is 7.82 Å². The van der Waals surface area contributed by atoms with Crippen LogP contribution in [0, 0.1) is 0 Å². The number of unbranched alkanes of at least 4 members (excludes halogenated alkanes) is 15. The molecule has 1 aliphatic carbocycles. The van der Waals surface area contributed by atoms with E-state index in [1.165, 1.54) is 97.0 Å². The van der Waals surface area contributed by atoms with Crippen LogP contribution in [0.5, 0.6) is 0 Å². The first-order valence-corrected chi connectivity index (χ1v) is 16.7. The number of rotatable bonds is 25. The van der Waals surface area contributed by atoms with Crippen molar-refractivity contribution in [1.29, 1.82) is 0 Å². The highest BCUT2D eigenvalue weighted by atomic mass is 31.2. The molecule has 8 N–H and O–H groups in total. The number of aliphatic hydroxyl groups excluding tert-OH is 4. The molecule has 0 radical (unpaired) electrons. The number of phosphoric acid groups is 1. The predicted octanol–water partition coefficient (Wildman–Crippen LogP) is 4.79. The zero-order chi connectivity index (χ0) is 28.9. The van der Waals surface area contributed by atoms with Gasteiger partial charge in [-0.1, -0.05) is 103 Å². The lowest BCUT2D eigenvalue weighted by Crippen LogP contribution is -2.56. The van der Waals surface area contributed by atoms with Crippen molar-refractivity contribution < 1.29 is 48.4 Å². The molecule has 1 unspecified atom stereocenters. The molecule has 0 aromatic heterocycles. The van der Waals surface area contributed by atoms with E-state index in [0.29, 0.717) is 6.61 Å². The Bertz CT molecular complexity index is 632. The molecule has 0 saturated heterocycles. The Morgan fingerprint density at radius 2 is 1.20 bits per heavy atom. The van der Waals surface area contributed by atoms with Gasteiger partial charge in [0.1, 0.15) is 24.4 Å². The topological polar surface area (TPSA) is 190 Å². The zero-order valence-corrected chi connectivity index (χ0v) is 25.9. The minimum absolute atomic E-state index is 0. The fourth-order valence-corrected chi connectivity index (χ4v) is 5.80. The van der Waals surface area contributed by atoms with Crippen LogP contribution in [0.4, 0.5) is 0 Å². The average molecular weight is 602 g/mol. The summed E-state index contributed by atoms with van der Waals surface area (Å²) in [5.74, 6) is 0. The standard InChI is InChI=1S/C28H57O10P.H3N/c1-3-4-5-6-7-8-9-10-11-12-13-14-15-16-17-18-19-36-21-23(35-2)22-37-39(33,34)38-28-25(30)20-24(29)26(31)27(28)32;/h23-32H,3-22H2,1-2H3,(H,33,34);1H3/t23-,24-,25-,26+,27-,28-;/m1./s1. The first-order valence-electron chi connectivity index (χ1n) is 15.2. The van der Waals surface area contributed by atoms with Gasteiger partial charge >= 0.3 is 7.82 Å². The summed E-state index contributed by atoms with van der Waals surface area (Å²) in [5, 5.41) is 39.2. The summed E-state index contributed by atoms with van der Waals surface area (Å²) < 4.78 is 33.0. The largest absolute Gasteiger partial charge is 0.472 e. The Hall–Kier alpha value is -0.170. The van der Waals surface area contributed by atoms with Crippen LogP contribution in [0.25, 0.3) is 0 Å². The molecule has 0 spiro atoms. The quantitative estimate of drug-likeness (QED) is 0.0623. The van der Waals surface area contributed by atoms with Gasteiger partial charge < -0.3 is 40.9 Å². The molecule has 0 aliphatic heterocycles. The van der Waals surface area contributed by atoms with Crippen molar-refractivity contribution in [2.24, 2.45) is 0 Å². The number of aliphatic hydroxyl groups is 4.